The van der Waals surface area contributed by atoms with E-state index in [1.165, 1.54) is 96.3 Å². The summed E-state index contributed by atoms with van der Waals surface area (Å²) in [5, 5.41) is 0. The van der Waals surface area contributed by atoms with Crippen molar-refractivity contribution in [1.29, 1.82) is 0 Å². The SMILES string of the molecule is CC/C=C\C/C=C\C/C=C\C/C=C\C/C=C\CCCCCC(=O)OC[C@@H](COC(=O)CCCCCCC/C=C\CCCCCC)OC(=O)CCCCCCC/C=C\CCCCCCCC. The van der Waals surface area contributed by atoms with Crippen LogP contribution in [-0.2, 0) is 28.6 Å². The third-order valence-electron chi connectivity index (χ3n) is 11.4. The summed E-state index contributed by atoms with van der Waals surface area (Å²) < 4.78 is 16.8. The van der Waals surface area contributed by atoms with E-state index < -0.39 is 6.10 Å². The molecule has 0 aliphatic heterocycles. The number of allylic oxidation sites excluding steroid dienone is 14. The predicted molar refractivity (Wildman–Crippen MR) is 279 cm³/mol. The summed E-state index contributed by atoms with van der Waals surface area (Å²) in [7, 11) is 0. The highest BCUT2D eigenvalue weighted by atomic mass is 16.6. The smallest absolute Gasteiger partial charge is 0.306 e. The fraction of sp³-hybridized carbons (Fsp3) is 0.712. The second-order valence-corrected chi connectivity index (χ2v) is 17.7. The predicted octanol–water partition coefficient (Wildman–Crippen LogP) is 18.0. The van der Waals surface area contributed by atoms with Crippen molar-refractivity contribution < 1.29 is 28.6 Å². The molecule has 0 aromatic heterocycles. The molecule has 0 heterocycles. The van der Waals surface area contributed by atoms with Crippen LogP contribution in [0.4, 0.5) is 0 Å². The lowest BCUT2D eigenvalue weighted by Gasteiger charge is -2.18. The number of unbranched alkanes of at least 4 members (excludes halogenated alkanes) is 23. The lowest BCUT2D eigenvalue weighted by molar-refractivity contribution is -0.167. The zero-order chi connectivity index (χ0) is 47.2. The Hall–Kier alpha value is -3.41. The zero-order valence-electron chi connectivity index (χ0n) is 42.5. The Bertz CT molecular complexity index is 1270. The quantitative estimate of drug-likeness (QED) is 0.0262. The van der Waals surface area contributed by atoms with Gasteiger partial charge in [0.15, 0.2) is 6.10 Å². The van der Waals surface area contributed by atoms with Crippen molar-refractivity contribution in [2.45, 2.75) is 258 Å². The molecule has 0 saturated carbocycles. The molecule has 0 rings (SSSR count). The van der Waals surface area contributed by atoms with Crippen LogP contribution in [0, 0.1) is 0 Å². The molecule has 372 valence electrons. The van der Waals surface area contributed by atoms with Crippen LogP contribution in [-0.4, -0.2) is 37.2 Å². The maximum absolute atomic E-state index is 12.8. The molecule has 0 aromatic rings. The summed E-state index contributed by atoms with van der Waals surface area (Å²) in [6.45, 7) is 6.46. The van der Waals surface area contributed by atoms with Crippen molar-refractivity contribution in [1.82, 2.24) is 0 Å². The van der Waals surface area contributed by atoms with E-state index in [0.717, 1.165) is 116 Å². The Morgan fingerprint density at radius 3 is 0.985 bits per heavy atom. The van der Waals surface area contributed by atoms with E-state index in [1.807, 2.05) is 0 Å². The maximum Gasteiger partial charge on any atom is 0.306 e. The van der Waals surface area contributed by atoms with Crippen LogP contribution in [0.2, 0.25) is 0 Å². The van der Waals surface area contributed by atoms with E-state index in [0.29, 0.717) is 19.3 Å². The molecule has 0 saturated heterocycles. The van der Waals surface area contributed by atoms with Crippen LogP contribution in [0.5, 0.6) is 0 Å². The monoisotopic (exact) mass is 905 g/mol. The number of ether oxygens (including phenoxy) is 3. The molecule has 0 unspecified atom stereocenters. The minimum absolute atomic E-state index is 0.0950. The van der Waals surface area contributed by atoms with E-state index >= 15 is 0 Å². The minimum Gasteiger partial charge on any atom is -0.462 e. The van der Waals surface area contributed by atoms with Gasteiger partial charge in [0, 0.05) is 19.3 Å². The van der Waals surface area contributed by atoms with Gasteiger partial charge in [0.05, 0.1) is 0 Å². The molecule has 0 N–H and O–H groups in total. The third kappa shape index (κ3) is 51.4. The van der Waals surface area contributed by atoms with Crippen LogP contribution in [0.15, 0.2) is 85.1 Å². The highest BCUT2D eigenvalue weighted by Crippen LogP contribution is 2.14. The number of carbonyl (C=O) groups is 3. The van der Waals surface area contributed by atoms with Crippen LogP contribution in [0.1, 0.15) is 252 Å². The van der Waals surface area contributed by atoms with Crippen LogP contribution in [0.3, 0.4) is 0 Å². The fourth-order valence-electron chi connectivity index (χ4n) is 7.28. The van der Waals surface area contributed by atoms with Crippen molar-refractivity contribution in [3.8, 4) is 0 Å². The van der Waals surface area contributed by atoms with E-state index in [9.17, 15) is 14.4 Å². The molecule has 0 aromatic carbocycles. The molecule has 1 atom stereocenters. The maximum atomic E-state index is 12.8. The van der Waals surface area contributed by atoms with E-state index in [1.54, 1.807) is 0 Å². The molecule has 0 aliphatic carbocycles. The second-order valence-electron chi connectivity index (χ2n) is 17.7. The molecule has 6 heteroatoms. The van der Waals surface area contributed by atoms with Crippen LogP contribution >= 0.6 is 0 Å². The van der Waals surface area contributed by atoms with Crippen molar-refractivity contribution in [3.63, 3.8) is 0 Å². The first kappa shape index (κ1) is 61.6. The van der Waals surface area contributed by atoms with Gasteiger partial charge in [-0.2, -0.15) is 0 Å². The normalized spacial score (nSPS) is 12.7. The standard InChI is InChI=1S/C59H100O6/c1-4-7-10-13-16-19-22-25-27-28-29-30-32-34-37-40-43-46-49-52-58(61)64-55-56(54-63-57(60)51-48-45-42-39-36-33-24-21-18-15-12-9-6-3)65-59(62)53-50-47-44-41-38-35-31-26-23-20-17-14-11-8-5-2/h7,10,16,19,21,24-27,29-31,34,37,56H,4-6,8-9,11-15,17-18,20,22-23,28,32-33,35-36,38-55H2,1-3H3/b10-7-,19-16-,24-21-,27-25-,30-29-,31-26-,37-34-/t56-/m1/s1. The highest BCUT2D eigenvalue weighted by molar-refractivity contribution is 5.71. The Morgan fingerprint density at radius 1 is 0.323 bits per heavy atom. The van der Waals surface area contributed by atoms with E-state index in [-0.39, 0.29) is 31.1 Å². The summed E-state index contributed by atoms with van der Waals surface area (Å²) in [6, 6.07) is 0. The molecule has 0 aliphatic rings. The van der Waals surface area contributed by atoms with Crippen LogP contribution < -0.4 is 0 Å². The van der Waals surface area contributed by atoms with Crippen molar-refractivity contribution in [2.75, 3.05) is 13.2 Å². The Balaban J connectivity index is 4.46. The van der Waals surface area contributed by atoms with Gasteiger partial charge in [0.2, 0.25) is 0 Å². The van der Waals surface area contributed by atoms with Crippen LogP contribution in [0.25, 0.3) is 0 Å². The Morgan fingerprint density at radius 2 is 0.600 bits per heavy atom. The third-order valence-corrected chi connectivity index (χ3v) is 11.4. The van der Waals surface area contributed by atoms with E-state index in [2.05, 4.69) is 106 Å². The van der Waals surface area contributed by atoms with Crippen molar-refractivity contribution in [2.24, 2.45) is 0 Å². The molecule has 65 heavy (non-hydrogen) atoms. The average molecular weight is 905 g/mol. The largest absolute Gasteiger partial charge is 0.462 e. The van der Waals surface area contributed by atoms with Gasteiger partial charge in [-0.3, -0.25) is 14.4 Å². The molecule has 0 spiro atoms. The lowest BCUT2D eigenvalue weighted by Crippen LogP contribution is -2.30. The van der Waals surface area contributed by atoms with Gasteiger partial charge in [-0.1, -0.05) is 202 Å². The first-order valence-corrected chi connectivity index (χ1v) is 27.1. The zero-order valence-corrected chi connectivity index (χ0v) is 42.5. The Kier molecular flexibility index (Phi) is 50.4. The number of hydrogen-bond acceptors (Lipinski definition) is 6. The van der Waals surface area contributed by atoms with Gasteiger partial charge < -0.3 is 14.2 Å². The van der Waals surface area contributed by atoms with Gasteiger partial charge in [0.1, 0.15) is 13.2 Å². The van der Waals surface area contributed by atoms with Crippen molar-refractivity contribution >= 4 is 17.9 Å². The summed E-state index contributed by atoms with van der Waals surface area (Å²) in [5.41, 5.74) is 0. The summed E-state index contributed by atoms with van der Waals surface area (Å²) in [4.78, 5) is 38.0. The van der Waals surface area contributed by atoms with Gasteiger partial charge in [-0.05, 0) is 116 Å². The molecule has 0 bridgehead atoms. The fourth-order valence-corrected chi connectivity index (χ4v) is 7.28. The van der Waals surface area contributed by atoms with Gasteiger partial charge >= 0.3 is 17.9 Å². The Labute approximate surface area is 401 Å². The number of esters is 3. The number of carbonyl (C=O) groups excluding carboxylic acids is 3. The van der Waals surface area contributed by atoms with Gasteiger partial charge in [0.25, 0.3) is 0 Å². The van der Waals surface area contributed by atoms with Gasteiger partial charge in [-0.25, -0.2) is 0 Å². The molecule has 6 nitrogen and oxygen atoms in total. The lowest BCUT2D eigenvalue weighted by atomic mass is 10.1. The van der Waals surface area contributed by atoms with Gasteiger partial charge in [-0.15, -0.1) is 0 Å². The first-order valence-electron chi connectivity index (χ1n) is 27.1. The minimum atomic E-state index is -0.798. The van der Waals surface area contributed by atoms with E-state index in [4.69, 9.17) is 14.2 Å². The molecular formula is C59H100O6. The number of rotatable bonds is 48. The number of hydrogen-bond donors (Lipinski definition) is 0. The average Bonchev–Trinajstić information content (AvgIpc) is 3.30. The molecule has 0 radical (unpaired) electrons. The highest BCUT2D eigenvalue weighted by Gasteiger charge is 2.19. The molecule has 0 fully saturated rings. The molecule has 0 amide bonds. The second kappa shape index (κ2) is 53.2. The topological polar surface area (TPSA) is 78.9 Å². The first-order chi connectivity index (χ1) is 32.0. The summed E-state index contributed by atoms with van der Waals surface area (Å²) in [6.07, 6.45) is 68.5. The summed E-state index contributed by atoms with van der Waals surface area (Å²) >= 11 is 0. The molecular weight excluding hydrogens is 805 g/mol. The summed E-state index contributed by atoms with van der Waals surface area (Å²) in [5.74, 6) is -0.943. The van der Waals surface area contributed by atoms with Crippen molar-refractivity contribution in [3.05, 3.63) is 85.1 Å².